The van der Waals surface area contributed by atoms with Crippen molar-refractivity contribution in [1.82, 2.24) is 4.90 Å². The summed E-state index contributed by atoms with van der Waals surface area (Å²) in [6, 6.07) is 2.27. The second-order valence-electron chi connectivity index (χ2n) is 5.78. The van der Waals surface area contributed by atoms with E-state index < -0.39 is 0 Å². The van der Waals surface area contributed by atoms with Gasteiger partial charge in [0.05, 0.1) is 0 Å². The molecule has 2 nitrogen and oxygen atoms in total. The molecule has 0 aromatic rings. The molecule has 4 atom stereocenters. The van der Waals surface area contributed by atoms with E-state index in [2.05, 4.69) is 18.7 Å². The molecule has 1 heterocycles. The number of hydrogen-bond donors (Lipinski definition) is 1. The molecule has 2 fully saturated rings. The molecule has 4 unspecified atom stereocenters. The fraction of sp³-hybridized carbons (Fsp3) is 1.00. The van der Waals surface area contributed by atoms with E-state index in [4.69, 9.17) is 5.73 Å². The predicted molar refractivity (Wildman–Crippen MR) is 69.4 cm³/mol. The van der Waals surface area contributed by atoms with Gasteiger partial charge in [-0.05, 0) is 38.5 Å². The van der Waals surface area contributed by atoms with Crippen LogP contribution in [0.1, 0.15) is 58.8 Å². The lowest BCUT2D eigenvalue weighted by atomic mass is 9.90. The number of nitrogens with two attached hydrogens (primary N) is 1. The summed E-state index contributed by atoms with van der Waals surface area (Å²) in [5.74, 6) is 0.939. The van der Waals surface area contributed by atoms with Crippen LogP contribution in [-0.4, -0.2) is 29.6 Å². The minimum Gasteiger partial charge on any atom is -0.329 e. The fourth-order valence-corrected chi connectivity index (χ4v) is 4.03. The average molecular weight is 224 g/mol. The summed E-state index contributed by atoms with van der Waals surface area (Å²) >= 11 is 0. The van der Waals surface area contributed by atoms with Crippen LogP contribution in [0.2, 0.25) is 0 Å². The number of rotatable bonds is 3. The van der Waals surface area contributed by atoms with E-state index in [1.54, 1.807) is 0 Å². The van der Waals surface area contributed by atoms with Crippen LogP contribution < -0.4 is 5.73 Å². The Balaban J connectivity index is 2.08. The van der Waals surface area contributed by atoms with E-state index in [1.807, 2.05) is 0 Å². The standard InChI is InChI=1S/C14H28N2/c1-3-12-7-5-9-14(12)16-11(2)6-4-8-13(16)10-15/h11-14H,3-10,15H2,1-2H3. The molecule has 1 aliphatic heterocycles. The third kappa shape index (κ3) is 2.28. The van der Waals surface area contributed by atoms with Gasteiger partial charge in [-0.2, -0.15) is 0 Å². The smallest absolute Gasteiger partial charge is 0.0224 e. The minimum absolute atomic E-state index is 0.667. The van der Waals surface area contributed by atoms with Crippen molar-refractivity contribution in [3.63, 3.8) is 0 Å². The molecule has 94 valence electrons. The molecule has 2 rings (SSSR count). The third-order valence-electron chi connectivity index (χ3n) is 4.89. The number of nitrogens with zero attached hydrogens (tertiary/aromatic N) is 1. The topological polar surface area (TPSA) is 29.3 Å². The summed E-state index contributed by atoms with van der Waals surface area (Å²) in [7, 11) is 0. The second kappa shape index (κ2) is 5.50. The van der Waals surface area contributed by atoms with Gasteiger partial charge in [0, 0.05) is 24.7 Å². The maximum atomic E-state index is 5.97. The van der Waals surface area contributed by atoms with Crippen molar-refractivity contribution in [1.29, 1.82) is 0 Å². The maximum absolute atomic E-state index is 5.97. The lowest BCUT2D eigenvalue weighted by Gasteiger charge is -2.46. The van der Waals surface area contributed by atoms with Crippen molar-refractivity contribution in [2.75, 3.05) is 6.54 Å². The van der Waals surface area contributed by atoms with E-state index >= 15 is 0 Å². The fourth-order valence-electron chi connectivity index (χ4n) is 4.03. The Labute approximate surface area is 101 Å². The lowest BCUT2D eigenvalue weighted by Crippen LogP contribution is -2.54. The highest BCUT2D eigenvalue weighted by atomic mass is 15.2. The third-order valence-corrected chi connectivity index (χ3v) is 4.89. The van der Waals surface area contributed by atoms with Gasteiger partial charge in [0.15, 0.2) is 0 Å². The highest BCUT2D eigenvalue weighted by molar-refractivity contribution is 4.93. The highest BCUT2D eigenvalue weighted by Gasteiger charge is 2.38. The Hall–Kier alpha value is -0.0800. The van der Waals surface area contributed by atoms with E-state index in [0.29, 0.717) is 6.04 Å². The Kier molecular flexibility index (Phi) is 4.26. The Bertz CT molecular complexity index is 217. The summed E-state index contributed by atoms with van der Waals surface area (Å²) < 4.78 is 0. The van der Waals surface area contributed by atoms with Crippen molar-refractivity contribution in [2.24, 2.45) is 11.7 Å². The van der Waals surface area contributed by atoms with Crippen LogP contribution in [-0.2, 0) is 0 Å². The molecular formula is C14H28N2. The lowest BCUT2D eigenvalue weighted by molar-refractivity contribution is 0.0319. The van der Waals surface area contributed by atoms with Gasteiger partial charge in [-0.15, -0.1) is 0 Å². The first-order valence-corrected chi connectivity index (χ1v) is 7.25. The molecule has 2 heteroatoms. The van der Waals surface area contributed by atoms with Crippen molar-refractivity contribution in [2.45, 2.75) is 76.9 Å². The van der Waals surface area contributed by atoms with Crippen LogP contribution in [0.25, 0.3) is 0 Å². The highest BCUT2D eigenvalue weighted by Crippen LogP contribution is 2.37. The Morgan fingerprint density at radius 2 is 1.88 bits per heavy atom. The first kappa shape index (κ1) is 12.4. The zero-order valence-electron chi connectivity index (χ0n) is 11.0. The van der Waals surface area contributed by atoms with Crippen LogP contribution in [0.5, 0.6) is 0 Å². The second-order valence-corrected chi connectivity index (χ2v) is 5.78. The van der Waals surface area contributed by atoms with Crippen molar-refractivity contribution < 1.29 is 0 Å². The molecule has 0 aromatic carbocycles. The van der Waals surface area contributed by atoms with Gasteiger partial charge >= 0.3 is 0 Å². The SMILES string of the molecule is CCC1CCCC1N1C(C)CCCC1CN. The number of hydrogen-bond acceptors (Lipinski definition) is 2. The van der Waals surface area contributed by atoms with E-state index in [0.717, 1.165) is 24.5 Å². The molecule has 2 N–H and O–H groups in total. The van der Waals surface area contributed by atoms with Crippen LogP contribution in [0.4, 0.5) is 0 Å². The van der Waals surface area contributed by atoms with Gasteiger partial charge in [0.1, 0.15) is 0 Å². The summed E-state index contributed by atoms with van der Waals surface area (Å²) in [6.07, 6.45) is 9.73. The first-order chi connectivity index (χ1) is 7.77. The van der Waals surface area contributed by atoms with Crippen LogP contribution in [0.15, 0.2) is 0 Å². The van der Waals surface area contributed by atoms with Gasteiger partial charge in [0.25, 0.3) is 0 Å². The summed E-state index contributed by atoms with van der Waals surface area (Å²) in [4.78, 5) is 2.80. The van der Waals surface area contributed by atoms with E-state index in [9.17, 15) is 0 Å². The molecular weight excluding hydrogens is 196 g/mol. The average Bonchev–Trinajstić information content (AvgIpc) is 2.76. The van der Waals surface area contributed by atoms with E-state index in [-0.39, 0.29) is 0 Å². The molecule has 0 amide bonds. The maximum Gasteiger partial charge on any atom is 0.0224 e. The minimum atomic E-state index is 0.667. The Morgan fingerprint density at radius 1 is 1.12 bits per heavy atom. The molecule has 0 bridgehead atoms. The van der Waals surface area contributed by atoms with Gasteiger partial charge in [-0.1, -0.05) is 26.2 Å². The van der Waals surface area contributed by atoms with Crippen LogP contribution in [0, 0.1) is 5.92 Å². The summed E-state index contributed by atoms with van der Waals surface area (Å²) in [5, 5.41) is 0. The molecule has 0 radical (unpaired) electrons. The van der Waals surface area contributed by atoms with Gasteiger partial charge in [-0.3, -0.25) is 4.90 Å². The zero-order chi connectivity index (χ0) is 11.5. The molecule has 16 heavy (non-hydrogen) atoms. The Morgan fingerprint density at radius 3 is 2.56 bits per heavy atom. The molecule has 1 saturated heterocycles. The van der Waals surface area contributed by atoms with Crippen molar-refractivity contribution in [3.8, 4) is 0 Å². The molecule has 1 aliphatic carbocycles. The quantitative estimate of drug-likeness (QED) is 0.798. The molecule has 0 spiro atoms. The predicted octanol–water partition coefficient (Wildman–Crippen LogP) is 2.77. The van der Waals surface area contributed by atoms with Gasteiger partial charge in [0.2, 0.25) is 0 Å². The van der Waals surface area contributed by atoms with Crippen molar-refractivity contribution in [3.05, 3.63) is 0 Å². The molecule has 1 saturated carbocycles. The molecule has 0 aromatic heterocycles. The van der Waals surface area contributed by atoms with Crippen molar-refractivity contribution >= 4 is 0 Å². The van der Waals surface area contributed by atoms with E-state index in [1.165, 1.54) is 44.9 Å². The van der Waals surface area contributed by atoms with Gasteiger partial charge in [-0.25, -0.2) is 0 Å². The summed E-state index contributed by atoms with van der Waals surface area (Å²) in [5.41, 5.74) is 5.97. The summed E-state index contributed by atoms with van der Waals surface area (Å²) in [6.45, 7) is 5.62. The molecule has 2 aliphatic rings. The largest absolute Gasteiger partial charge is 0.329 e. The first-order valence-electron chi connectivity index (χ1n) is 7.25. The number of piperidine rings is 1. The van der Waals surface area contributed by atoms with Crippen LogP contribution in [0.3, 0.4) is 0 Å². The zero-order valence-corrected chi connectivity index (χ0v) is 11.0. The van der Waals surface area contributed by atoms with Crippen LogP contribution >= 0.6 is 0 Å². The van der Waals surface area contributed by atoms with Gasteiger partial charge < -0.3 is 5.73 Å². The number of likely N-dealkylation sites (tertiary alicyclic amines) is 1. The monoisotopic (exact) mass is 224 g/mol. The normalized spacial score (nSPS) is 41.4.